The van der Waals surface area contributed by atoms with Crippen LogP contribution in [-0.4, -0.2) is 32.3 Å². The average molecular weight is 321 g/mol. The van der Waals surface area contributed by atoms with E-state index >= 15 is 0 Å². The van der Waals surface area contributed by atoms with Crippen molar-refractivity contribution in [3.8, 4) is 0 Å². The van der Waals surface area contributed by atoms with Gasteiger partial charge in [0.15, 0.2) is 0 Å². The molecule has 8 heteroatoms. The number of imidazole rings is 1. The molecule has 0 aromatic carbocycles. The van der Waals surface area contributed by atoms with Crippen LogP contribution in [-0.2, 0) is 30.9 Å². The molecule has 7 nitrogen and oxygen atoms in total. The van der Waals surface area contributed by atoms with Crippen molar-refractivity contribution in [1.29, 1.82) is 0 Å². The molecule has 0 saturated heterocycles. The molecule has 0 radical (unpaired) electrons. The molecule has 3 rings (SSSR count). The lowest BCUT2D eigenvalue weighted by Gasteiger charge is -2.15. The largest absolute Gasteiger partial charge is 0.374 e. The molecule has 2 aromatic heterocycles. The van der Waals surface area contributed by atoms with E-state index in [9.17, 15) is 4.79 Å². The van der Waals surface area contributed by atoms with Crippen LogP contribution in [0.2, 0.25) is 0 Å². The van der Waals surface area contributed by atoms with E-state index in [-0.39, 0.29) is 5.91 Å². The zero-order valence-electron chi connectivity index (χ0n) is 12.5. The van der Waals surface area contributed by atoms with E-state index in [1.54, 1.807) is 6.20 Å². The third-order valence-corrected chi connectivity index (χ3v) is 4.44. The summed E-state index contributed by atoms with van der Waals surface area (Å²) < 4.78 is 7.30. The van der Waals surface area contributed by atoms with Crippen LogP contribution in [0, 0.1) is 0 Å². The van der Waals surface area contributed by atoms with Gasteiger partial charge in [-0.3, -0.25) is 4.79 Å². The van der Waals surface area contributed by atoms with Gasteiger partial charge in [0, 0.05) is 19.6 Å². The number of aryl methyl sites for hydroxylation is 1. The molecular formula is C14H19N5O2S. The summed E-state index contributed by atoms with van der Waals surface area (Å²) in [5, 5.41) is 12.6. The number of carbonyl (C=O) groups is 1. The summed E-state index contributed by atoms with van der Waals surface area (Å²) in [6, 6.07) is 0. The molecule has 3 heterocycles. The van der Waals surface area contributed by atoms with Crippen LogP contribution in [0.15, 0.2) is 6.20 Å². The highest BCUT2D eigenvalue weighted by molar-refractivity contribution is 7.11. The number of ether oxygens (including phenoxy) is 1. The fraction of sp³-hybridized carbons (Fsp3) is 0.571. The lowest BCUT2D eigenvalue weighted by molar-refractivity contribution is 0.0940. The van der Waals surface area contributed by atoms with Gasteiger partial charge in [-0.15, -0.1) is 10.2 Å². The van der Waals surface area contributed by atoms with Gasteiger partial charge in [0.05, 0.1) is 12.7 Å². The summed E-state index contributed by atoms with van der Waals surface area (Å²) in [6.07, 6.45) is 4.85. The molecule has 0 aliphatic carbocycles. The Bertz CT molecular complexity index is 651. The van der Waals surface area contributed by atoms with E-state index in [1.165, 1.54) is 11.3 Å². The SMILES string of the molecule is CCOCc1nnc(CNC(=O)c2cnc3n2CCCC3)s1. The molecule has 118 valence electrons. The van der Waals surface area contributed by atoms with Crippen molar-refractivity contribution in [2.24, 2.45) is 0 Å². The standard InChI is InChI=1S/C14H19N5O2S/c1-2-21-9-13-18-17-12(22-13)8-16-14(20)10-7-15-11-5-3-4-6-19(10)11/h7H,2-6,8-9H2,1H3,(H,16,20). The molecule has 0 spiro atoms. The molecule has 1 N–H and O–H groups in total. The second-order valence-corrected chi connectivity index (χ2v) is 6.22. The molecule has 1 aliphatic heterocycles. The first-order valence-electron chi connectivity index (χ1n) is 7.49. The molecule has 0 bridgehead atoms. The average Bonchev–Trinajstić information content (AvgIpc) is 3.17. The van der Waals surface area contributed by atoms with Gasteiger partial charge >= 0.3 is 0 Å². The number of nitrogens with zero attached hydrogens (tertiary/aromatic N) is 4. The molecule has 1 amide bonds. The molecule has 0 fully saturated rings. The molecule has 0 saturated carbocycles. The van der Waals surface area contributed by atoms with E-state index in [1.807, 2.05) is 11.5 Å². The van der Waals surface area contributed by atoms with Crippen LogP contribution in [0.5, 0.6) is 0 Å². The van der Waals surface area contributed by atoms with E-state index < -0.39 is 0 Å². The van der Waals surface area contributed by atoms with Crippen molar-refractivity contribution in [2.45, 2.75) is 45.9 Å². The number of hydrogen-bond acceptors (Lipinski definition) is 6. The van der Waals surface area contributed by atoms with E-state index in [0.29, 0.717) is 25.5 Å². The molecule has 2 aromatic rings. The van der Waals surface area contributed by atoms with E-state index in [2.05, 4.69) is 20.5 Å². The van der Waals surface area contributed by atoms with Gasteiger partial charge in [-0.25, -0.2) is 4.98 Å². The third-order valence-electron chi connectivity index (χ3n) is 3.54. The van der Waals surface area contributed by atoms with Gasteiger partial charge in [-0.1, -0.05) is 11.3 Å². The monoisotopic (exact) mass is 321 g/mol. The first kappa shape index (κ1) is 15.1. The number of aromatic nitrogens is 4. The first-order valence-corrected chi connectivity index (χ1v) is 8.31. The molecule has 22 heavy (non-hydrogen) atoms. The molecular weight excluding hydrogens is 302 g/mol. The maximum Gasteiger partial charge on any atom is 0.269 e. The fourth-order valence-electron chi connectivity index (χ4n) is 2.45. The Kier molecular flexibility index (Phi) is 4.79. The normalized spacial score (nSPS) is 13.9. The summed E-state index contributed by atoms with van der Waals surface area (Å²) in [4.78, 5) is 16.6. The minimum absolute atomic E-state index is 0.109. The third kappa shape index (κ3) is 3.33. The maximum atomic E-state index is 12.3. The van der Waals surface area contributed by atoms with Crippen molar-refractivity contribution in [1.82, 2.24) is 25.1 Å². The lowest BCUT2D eigenvalue weighted by atomic mass is 10.1. The number of hydrogen-bond donors (Lipinski definition) is 1. The smallest absolute Gasteiger partial charge is 0.269 e. The maximum absolute atomic E-state index is 12.3. The number of carbonyl (C=O) groups excluding carboxylic acids is 1. The minimum atomic E-state index is -0.109. The fourth-order valence-corrected chi connectivity index (χ4v) is 3.17. The second-order valence-electron chi connectivity index (χ2n) is 5.08. The van der Waals surface area contributed by atoms with Crippen LogP contribution in [0.3, 0.4) is 0 Å². The van der Waals surface area contributed by atoms with Crippen LogP contribution < -0.4 is 5.32 Å². The summed E-state index contributed by atoms with van der Waals surface area (Å²) in [6.45, 7) is 4.31. The summed E-state index contributed by atoms with van der Waals surface area (Å²) >= 11 is 1.46. The predicted octanol–water partition coefficient (Wildman–Crippen LogP) is 1.54. The van der Waals surface area contributed by atoms with Gasteiger partial charge < -0.3 is 14.6 Å². The van der Waals surface area contributed by atoms with Crippen LogP contribution in [0.1, 0.15) is 46.1 Å². The Morgan fingerprint density at radius 2 is 2.27 bits per heavy atom. The zero-order chi connectivity index (χ0) is 15.4. The minimum Gasteiger partial charge on any atom is -0.374 e. The van der Waals surface area contributed by atoms with Gasteiger partial charge in [-0.05, 0) is 19.8 Å². The van der Waals surface area contributed by atoms with E-state index in [0.717, 1.165) is 41.6 Å². The zero-order valence-corrected chi connectivity index (χ0v) is 13.4. The van der Waals surface area contributed by atoms with Crippen LogP contribution in [0.4, 0.5) is 0 Å². The Morgan fingerprint density at radius 1 is 1.41 bits per heavy atom. The van der Waals surface area contributed by atoms with Crippen LogP contribution >= 0.6 is 11.3 Å². The number of rotatable bonds is 6. The number of fused-ring (bicyclic) bond motifs is 1. The Balaban J connectivity index is 1.58. The summed E-state index contributed by atoms with van der Waals surface area (Å²) in [5.41, 5.74) is 0.633. The van der Waals surface area contributed by atoms with E-state index in [4.69, 9.17) is 4.74 Å². The number of nitrogens with one attached hydrogen (secondary N) is 1. The molecule has 0 atom stereocenters. The van der Waals surface area contributed by atoms with Crippen molar-refractivity contribution < 1.29 is 9.53 Å². The first-order chi connectivity index (χ1) is 10.8. The summed E-state index contributed by atoms with van der Waals surface area (Å²) in [5.74, 6) is 0.897. The van der Waals surface area contributed by atoms with Gasteiger partial charge in [0.25, 0.3) is 5.91 Å². The number of amides is 1. The highest BCUT2D eigenvalue weighted by atomic mass is 32.1. The molecule has 0 unspecified atom stereocenters. The van der Waals surface area contributed by atoms with Gasteiger partial charge in [-0.2, -0.15) is 0 Å². The highest BCUT2D eigenvalue weighted by Gasteiger charge is 2.19. The quantitative estimate of drug-likeness (QED) is 0.872. The Morgan fingerprint density at radius 3 is 3.14 bits per heavy atom. The topological polar surface area (TPSA) is 81.9 Å². The Labute approximate surface area is 132 Å². The van der Waals surface area contributed by atoms with Gasteiger partial charge in [0.1, 0.15) is 28.1 Å². The van der Waals surface area contributed by atoms with Crippen molar-refractivity contribution in [3.05, 3.63) is 27.7 Å². The molecule has 1 aliphatic rings. The Hall–Kier alpha value is -1.80. The summed E-state index contributed by atoms with van der Waals surface area (Å²) in [7, 11) is 0. The van der Waals surface area contributed by atoms with Crippen molar-refractivity contribution in [2.75, 3.05) is 6.61 Å². The predicted molar refractivity (Wildman–Crippen MR) is 81.6 cm³/mol. The lowest BCUT2D eigenvalue weighted by Crippen LogP contribution is -2.26. The highest BCUT2D eigenvalue weighted by Crippen LogP contribution is 2.16. The second kappa shape index (κ2) is 6.97. The van der Waals surface area contributed by atoms with Gasteiger partial charge in [0.2, 0.25) is 0 Å². The van der Waals surface area contributed by atoms with Crippen LogP contribution in [0.25, 0.3) is 0 Å². The van der Waals surface area contributed by atoms with Crippen molar-refractivity contribution in [3.63, 3.8) is 0 Å². The van der Waals surface area contributed by atoms with Crippen molar-refractivity contribution >= 4 is 17.2 Å².